The monoisotopic (exact) mass is 403 g/mol. The lowest BCUT2D eigenvalue weighted by atomic mass is 10.0. The molecule has 1 aliphatic heterocycles. The number of amides is 1. The molecule has 1 saturated heterocycles. The van der Waals surface area contributed by atoms with Crippen molar-refractivity contribution in [2.75, 3.05) is 13.7 Å². The summed E-state index contributed by atoms with van der Waals surface area (Å²) in [5, 5.41) is 4.40. The van der Waals surface area contributed by atoms with E-state index >= 15 is 0 Å². The van der Waals surface area contributed by atoms with Crippen molar-refractivity contribution >= 4 is 5.91 Å². The maximum Gasteiger partial charge on any atom is 0.274 e. The fourth-order valence-corrected chi connectivity index (χ4v) is 3.95. The van der Waals surface area contributed by atoms with Crippen molar-refractivity contribution in [2.45, 2.75) is 31.7 Å². The highest BCUT2D eigenvalue weighted by Crippen LogP contribution is 2.32. The lowest BCUT2D eigenvalue weighted by Crippen LogP contribution is -2.36. The molecule has 0 radical (unpaired) electrons. The minimum Gasteiger partial charge on any atom is -0.497 e. The van der Waals surface area contributed by atoms with E-state index in [1.54, 1.807) is 19.2 Å². The SMILES string of the molecule is COc1ccc(C2CCCCCN2C(=O)c2ccc(=O)n(-c3ccccc3)n2)cc1. The Bertz CT molecular complexity index is 1060. The molecule has 6 nitrogen and oxygen atoms in total. The van der Waals surface area contributed by atoms with E-state index in [0.29, 0.717) is 12.2 Å². The number of hydrogen-bond donors (Lipinski definition) is 0. The molecule has 4 rings (SSSR count). The summed E-state index contributed by atoms with van der Waals surface area (Å²) in [5.74, 6) is 0.643. The molecule has 154 valence electrons. The summed E-state index contributed by atoms with van der Waals surface area (Å²) in [7, 11) is 1.64. The molecule has 1 unspecified atom stereocenters. The lowest BCUT2D eigenvalue weighted by Gasteiger charge is -2.30. The topological polar surface area (TPSA) is 64.4 Å². The maximum absolute atomic E-state index is 13.5. The Hall–Kier alpha value is -3.41. The fourth-order valence-electron chi connectivity index (χ4n) is 3.95. The molecule has 1 aromatic heterocycles. The average Bonchev–Trinajstić information content (AvgIpc) is 3.06. The highest BCUT2D eigenvalue weighted by atomic mass is 16.5. The number of carbonyl (C=O) groups is 1. The van der Waals surface area contributed by atoms with Gasteiger partial charge in [0.05, 0.1) is 18.8 Å². The second-order valence-corrected chi connectivity index (χ2v) is 7.44. The first kappa shape index (κ1) is 19.9. The van der Waals surface area contributed by atoms with Crippen LogP contribution in [0.1, 0.15) is 47.8 Å². The number of ether oxygens (including phenoxy) is 1. The quantitative estimate of drug-likeness (QED) is 0.661. The first-order valence-corrected chi connectivity index (χ1v) is 10.3. The highest BCUT2D eigenvalue weighted by molar-refractivity contribution is 5.92. The molecule has 1 fully saturated rings. The molecule has 0 bridgehead atoms. The van der Waals surface area contributed by atoms with Gasteiger partial charge in [-0.15, -0.1) is 0 Å². The summed E-state index contributed by atoms with van der Waals surface area (Å²) in [6, 6.07) is 20.0. The van der Waals surface area contributed by atoms with Gasteiger partial charge in [-0.1, -0.05) is 43.2 Å². The zero-order valence-electron chi connectivity index (χ0n) is 17.0. The Labute approximate surface area is 175 Å². The van der Waals surface area contributed by atoms with Crippen LogP contribution in [-0.4, -0.2) is 34.2 Å². The number of likely N-dealkylation sites (tertiary alicyclic amines) is 1. The first-order chi connectivity index (χ1) is 14.7. The molecular formula is C24H25N3O3. The molecule has 1 aliphatic rings. The van der Waals surface area contributed by atoms with Crippen molar-refractivity contribution in [3.8, 4) is 11.4 Å². The Morgan fingerprint density at radius 1 is 0.967 bits per heavy atom. The van der Waals surface area contributed by atoms with E-state index in [0.717, 1.165) is 37.0 Å². The third kappa shape index (κ3) is 4.13. The Morgan fingerprint density at radius 2 is 1.73 bits per heavy atom. The third-order valence-electron chi connectivity index (χ3n) is 5.53. The van der Waals surface area contributed by atoms with E-state index in [2.05, 4.69) is 5.10 Å². The molecule has 2 heterocycles. The normalized spacial score (nSPS) is 16.7. The zero-order chi connectivity index (χ0) is 20.9. The van der Waals surface area contributed by atoms with E-state index in [4.69, 9.17) is 4.74 Å². The van der Waals surface area contributed by atoms with Gasteiger partial charge >= 0.3 is 0 Å². The Balaban J connectivity index is 1.68. The van der Waals surface area contributed by atoms with Crippen LogP contribution in [0.2, 0.25) is 0 Å². The minimum atomic E-state index is -0.264. The third-order valence-corrected chi connectivity index (χ3v) is 5.53. The number of benzene rings is 2. The average molecular weight is 403 g/mol. The maximum atomic E-state index is 13.5. The van der Waals surface area contributed by atoms with Crippen molar-refractivity contribution < 1.29 is 9.53 Å². The summed E-state index contributed by atoms with van der Waals surface area (Å²) < 4.78 is 6.55. The van der Waals surface area contributed by atoms with Gasteiger partial charge in [0.2, 0.25) is 0 Å². The van der Waals surface area contributed by atoms with Gasteiger partial charge in [-0.05, 0) is 48.7 Å². The van der Waals surface area contributed by atoms with Gasteiger partial charge in [0, 0.05) is 12.6 Å². The molecular weight excluding hydrogens is 378 g/mol. The van der Waals surface area contributed by atoms with Crippen LogP contribution in [0.15, 0.2) is 71.5 Å². The van der Waals surface area contributed by atoms with Crippen LogP contribution >= 0.6 is 0 Å². The molecule has 3 aromatic rings. The summed E-state index contributed by atoms with van der Waals surface area (Å²) >= 11 is 0. The van der Waals surface area contributed by atoms with Gasteiger partial charge in [-0.25, -0.2) is 0 Å². The number of hydrogen-bond acceptors (Lipinski definition) is 4. The zero-order valence-corrected chi connectivity index (χ0v) is 17.0. The van der Waals surface area contributed by atoms with Gasteiger partial charge in [-0.3, -0.25) is 9.59 Å². The summed E-state index contributed by atoms with van der Waals surface area (Å²) in [6.45, 7) is 0.668. The molecule has 0 spiro atoms. The lowest BCUT2D eigenvalue weighted by molar-refractivity contribution is 0.0672. The molecule has 0 N–H and O–H groups in total. The first-order valence-electron chi connectivity index (χ1n) is 10.3. The van der Waals surface area contributed by atoms with Crippen molar-refractivity contribution in [1.82, 2.24) is 14.7 Å². The van der Waals surface area contributed by atoms with Gasteiger partial charge < -0.3 is 9.64 Å². The smallest absolute Gasteiger partial charge is 0.274 e. The number of methoxy groups -OCH3 is 1. The molecule has 1 atom stereocenters. The van der Waals surface area contributed by atoms with Crippen molar-refractivity contribution in [3.63, 3.8) is 0 Å². The van der Waals surface area contributed by atoms with Crippen molar-refractivity contribution in [1.29, 1.82) is 0 Å². The van der Waals surface area contributed by atoms with E-state index in [1.807, 2.05) is 47.4 Å². The van der Waals surface area contributed by atoms with Crippen LogP contribution in [0, 0.1) is 0 Å². The number of rotatable bonds is 4. The molecule has 0 saturated carbocycles. The predicted octanol–water partition coefficient (Wildman–Crippen LogP) is 4.00. The fraction of sp³-hybridized carbons (Fsp3) is 0.292. The number of nitrogens with zero attached hydrogens (tertiary/aromatic N) is 3. The Kier molecular flexibility index (Phi) is 5.93. The van der Waals surface area contributed by atoms with Crippen LogP contribution in [0.3, 0.4) is 0 Å². The van der Waals surface area contributed by atoms with Gasteiger partial charge in [0.1, 0.15) is 11.4 Å². The van der Waals surface area contributed by atoms with Gasteiger partial charge in [0.15, 0.2) is 0 Å². The van der Waals surface area contributed by atoms with Crippen LogP contribution in [0.25, 0.3) is 5.69 Å². The standard InChI is InChI=1S/C24H25N3O3/c1-30-20-13-11-18(12-14-20)22-10-6-3-7-17-26(22)24(29)21-15-16-23(28)27(25-21)19-8-4-2-5-9-19/h2,4-5,8-9,11-16,22H,3,6-7,10,17H2,1H3. The van der Waals surface area contributed by atoms with E-state index in [1.165, 1.54) is 16.8 Å². The predicted molar refractivity (Wildman–Crippen MR) is 115 cm³/mol. The summed E-state index contributed by atoms with van der Waals surface area (Å²) in [6.07, 6.45) is 4.01. The molecule has 6 heteroatoms. The van der Waals surface area contributed by atoms with Crippen LogP contribution < -0.4 is 10.3 Å². The molecule has 30 heavy (non-hydrogen) atoms. The van der Waals surface area contributed by atoms with Gasteiger partial charge in [0.25, 0.3) is 11.5 Å². The number of aromatic nitrogens is 2. The number of para-hydroxylation sites is 1. The largest absolute Gasteiger partial charge is 0.497 e. The van der Waals surface area contributed by atoms with Gasteiger partial charge in [-0.2, -0.15) is 9.78 Å². The number of carbonyl (C=O) groups excluding carboxylic acids is 1. The van der Waals surface area contributed by atoms with Crippen molar-refractivity contribution in [3.05, 3.63) is 88.3 Å². The van der Waals surface area contributed by atoms with E-state index in [-0.39, 0.29) is 23.2 Å². The molecule has 1 amide bonds. The van der Waals surface area contributed by atoms with Crippen LogP contribution in [0.5, 0.6) is 5.75 Å². The second kappa shape index (κ2) is 8.95. The molecule has 2 aromatic carbocycles. The summed E-state index contributed by atoms with van der Waals surface area (Å²) in [5.41, 5.74) is 1.74. The highest BCUT2D eigenvalue weighted by Gasteiger charge is 2.28. The van der Waals surface area contributed by atoms with E-state index < -0.39 is 0 Å². The van der Waals surface area contributed by atoms with E-state index in [9.17, 15) is 9.59 Å². The van der Waals surface area contributed by atoms with Crippen LogP contribution in [-0.2, 0) is 0 Å². The molecule has 0 aliphatic carbocycles. The van der Waals surface area contributed by atoms with Crippen molar-refractivity contribution in [2.24, 2.45) is 0 Å². The minimum absolute atomic E-state index is 0.0233. The Morgan fingerprint density at radius 3 is 2.47 bits per heavy atom. The summed E-state index contributed by atoms with van der Waals surface area (Å²) in [4.78, 5) is 27.7. The van der Waals surface area contributed by atoms with Crippen LogP contribution in [0.4, 0.5) is 0 Å². The second-order valence-electron chi connectivity index (χ2n) is 7.44.